The minimum absolute atomic E-state index is 0.0612. The van der Waals surface area contributed by atoms with Crippen LogP contribution < -0.4 is 0 Å². The second-order valence-corrected chi connectivity index (χ2v) is 5.22. The van der Waals surface area contributed by atoms with Crippen LogP contribution in [0.15, 0.2) is 11.4 Å². The van der Waals surface area contributed by atoms with Crippen molar-refractivity contribution >= 4 is 11.3 Å². The van der Waals surface area contributed by atoms with Gasteiger partial charge in [0.05, 0.1) is 0 Å². The average Bonchev–Trinajstić information content (AvgIpc) is 2.87. The highest BCUT2D eigenvalue weighted by atomic mass is 32.1. The van der Waals surface area contributed by atoms with Crippen LogP contribution in [-0.2, 0) is 6.54 Å². The van der Waals surface area contributed by atoms with Gasteiger partial charge < -0.3 is 5.11 Å². The van der Waals surface area contributed by atoms with Crippen molar-refractivity contribution in [1.29, 1.82) is 0 Å². The lowest BCUT2D eigenvalue weighted by Crippen LogP contribution is -2.25. The first-order valence-corrected chi connectivity index (χ1v) is 6.59. The van der Waals surface area contributed by atoms with Crippen molar-refractivity contribution in [2.75, 3.05) is 13.2 Å². The van der Waals surface area contributed by atoms with E-state index in [1.54, 1.807) is 11.3 Å². The molecule has 2 nitrogen and oxygen atoms in total. The van der Waals surface area contributed by atoms with E-state index in [9.17, 15) is 0 Å². The topological polar surface area (TPSA) is 23.5 Å². The normalized spacial score (nSPS) is 20.8. The van der Waals surface area contributed by atoms with Crippen molar-refractivity contribution in [3.05, 3.63) is 21.9 Å². The van der Waals surface area contributed by atoms with Crippen LogP contribution in [0.2, 0.25) is 0 Å². The van der Waals surface area contributed by atoms with Gasteiger partial charge in [0, 0.05) is 28.4 Å². The predicted molar refractivity (Wildman–Crippen MR) is 67.4 cm³/mol. The average molecular weight is 235 g/mol. The van der Waals surface area contributed by atoms with E-state index < -0.39 is 0 Å². The lowest BCUT2D eigenvalue weighted by molar-refractivity contribution is 0.262. The molecule has 2 rings (SSSR count). The van der Waals surface area contributed by atoms with Gasteiger partial charge in [-0.15, -0.1) is 11.3 Å². The molecule has 0 radical (unpaired) electrons. The summed E-state index contributed by atoms with van der Waals surface area (Å²) in [4.78, 5) is 3.89. The predicted octanol–water partition coefficient (Wildman–Crippen LogP) is 2.08. The molecular formula is C13H17NOS. The van der Waals surface area contributed by atoms with Gasteiger partial charge in [0.2, 0.25) is 0 Å². The molecule has 1 unspecified atom stereocenters. The van der Waals surface area contributed by atoms with Gasteiger partial charge in [-0.2, -0.15) is 0 Å². The van der Waals surface area contributed by atoms with E-state index >= 15 is 0 Å². The smallest absolute Gasteiger partial charge is 0.104 e. The lowest BCUT2D eigenvalue weighted by Gasteiger charge is -2.19. The molecule has 1 aromatic rings. The maximum Gasteiger partial charge on any atom is 0.104 e. The molecule has 1 N–H and O–H groups in total. The molecule has 16 heavy (non-hydrogen) atoms. The highest BCUT2D eigenvalue weighted by Crippen LogP contribution is 2.22. The maximum atomic E-state index is 8.62. The monoisotopic (exact) mass is 235 g/mol. The van der Waals surface area contributed by atoms with E-state index in [0.717, 1.165) is 12.1 Å². The van der Waals surface area contributed by atoms with Crippen molar-refractivity contribution < 1.29 is 5.11 Å². The lowest BCUT2D eigenvalue weighted by atomic mass is 10.2. The summed E-state index contributed by atoms with van der Waals surface area (Å²) in [6, 6.07) is 2.85. The number of nitrogens with zero attached hydrogens (tertiary/aromatic N) is 1. The molecule has 1 aliphatic rings. The molecule has 0 aliphatic carbocycles. The maximum absolute atomic E-state index is 8.62. The first-order valence-electron chi connectivity index (χ1n) is 5.71. The van der Waals surface area contributed by atoms with Crippen LogP contribution in [0.1, 0.15) is 30.2 Å². The van der Waals surface area contributed by atoms with Crippen LogP contribution in [-0.4, -0.2) is 29.2 Å². The van der Waals surface area contributed by atoms with E-state index in [2.05, 4.69) is 35.1 Å². The van der Waals surface area contributed by atoms with Crippen molar-refractivity contribution in [2.24, 2.45) is 0 Å². The second-order valence-electron chi connectivity index (χ2n) is 4.22. The van der Waals surface area contributed by atoms with E-state index in [0.29, 0.717) is 6.04 Å². The molecule has 2 heterocycles. The van der Waals surface area contributed by atoms with Crippen molar-refractivity contribution in [2.45, 2.75) is 32.4 Å². The Morgan fingerprint density at radius 1 is 1.62 bits per heavy atom. The third kappa shape index (κ3) is 2.85. The molecule has 0 aromatic carbocycles. The zero-order valence-corrected chi connectivity index (χ0v) is 10.4. The standard InChI is InChI=1S/C13H17NOS/c1-11-4-2-6-14(11)9-13-8-12(10-16-13)5-3-7-15/h8,10-11,15H,2,4,6-7,9H2,1H3. The molecule has 0 bridgehead atoms. The highest BCUT2D eigenvalue weighted by molar-refractivity contribution is 7.10. The molecule has 1 aromatic heterocycles. The van der Waals surface area contributed by atoms with E-state index in [1.807, 2.05) is 0 Å². The minimum atomic E-state index is -0.0612. The SMILES string of the molecule is CC1CCCN1Cc1cc(C#CCO)cs1. The summed E-state index contributed by atoms with van der Waals surface area (Å²) in [5.74, 6) is 5.62. The largest absolute Gasteiger partial charge is 0.384 e. The molecule has 1 saturated heterocycles. The number of hydrogen-bond acceptors (Lipinski definition) is 3. The Hall–Kier alpha value is -0.820. The summed E-state index contributed by atoms with van der Waals surface area (Å²) in [5, 5.41) is 10.7. The zero-order chi connectivity index (χ0) is 11.4. The minimum Gasteiger partial charge on any atom is -0.384 e. The fourth-order valence-corrected chi connectivity index (χ4v) is 2.94. The summed E-state index contributed by atoms with van der Waals surface area (Å²) in [6.45, 7) is 4.50. The molecule has 0 saturated carbocycles. The summed E-state index contributed by atoms with van der Waals surface area (Å²) >= 11 is 1.76. The van der Waals surface area contributed by atoms with Crippen molar-refractivity contribution in [3.63, 3.8) is 0 Å². The number of hydrogen-bond donors (Lipinski definition) is 1. The third-order valence-corrected chi connectivity index (χ3v) is 3.94. The highest BCUT2D eigenvalue weighted by Gasteiger charge is 2.20. The fraction of sp³-hybridized carbons (Fsp3) is 0.538. The fourth-order valence-electron chi connectivity index (χ4n) is 2.10. The molecule has 1 atom stereocenters. The first-order chi connectivity index (χ1) is 7.79. The van der Waals surface area contributed by atoms with Crippen LogP contribution >= 0.6 is 11.3 Å². The van der Waals surface area contributed by atoms with Crippen LogP contribution in [0.25, 0.3) is 0 Å². The van der Waals surface area contributed by atoms with Gasteiger partial charge >= 0.3 is 0 Å². The molecule has 1 aliphatic heterocycles. The van der Waals surface area contributed by atoms with Crippen molar-refractivity contribution in [1.82, 2.24) is 4.90 Å². The second kappa shape index (κ2) is 5.49. The van der Waals surface area contributed by atoms with E-state index in [1.165, 1.54) is 24.3 Å². The first kappa shape index (κ1) is 11.7. The Kier molecular flexibility index (Phi) is 4.00. The van der Waals surface area contributed by atoms with Gasteiger partial charge in [-0.05, 0) is 32.4 Å². The van der Waals surface area contributed by atoms with Gasteiger partial charge in [-0.3, -0.25) is 4.90 Å². The van der Waals surface area contributed by atoms with Gasteiger partial charge in [0.25, 0.3) is 0 Å². The Labute approximate surface area is 101 Å². The van der Waals surface area contributed by atoms with Gasteiger partial charge in [-0.1, -0.05) is 11.8 Å². The third-order valence-electron chi connectivity index (χ3n) is 3.02. The van der Waals surface area contributed by atoms with Crippen LogP contribution in [0.4, 0.5) is 0 Å². The van der Waals surface area contributed by atoms with Crippen LogP contribution in [0.3, 0.4) is 0 Å². The van der Waals surface area contributed by atoms with E-state index in [4.69, 9.17) is 5.11 Å². The number of thiophene rings is 1. The molecule has 86 valence electrons. The summed E-state index contributed by atoms with van der Waals surface area (Å²) in [5.41, 5.74) is 1.03. The molecule has 0 spiro atoms. The Bertz CT molecular complexity index is 402. The van der Waals surface area contributed by atoms with E-state index in [-0.39, 0.29) is 6.61 Å². The zero-order valence-electron chi connectivity index (χ0n) is 9.57. The quantitative estimate of drug-likeness (QED) is 0.793. The summed E-state index contributed by atoms with van der Waals surface area (Å²) in [6.07, 6.45) is 2.65. The number of aliphatic hydroxyl groups is 1. The van der Waals surface area contributed by atoms with Crippen molar-refractivity contribution in [3.8, 4) is 11.8 Å². The number of likely N-dealkylation sites (tertiary alicyclic amines) is 1. The Morgan fingerprint density at radius 2 is 2.50 bits per heavy atom. The van der Waals surface area contributed by atoms with Crippen LogP contribution in [0, 0.1) is 11.8 Å². The molecule has 0 amide bonds. The number of rotatable bonds is 2. The summed E-state index contributed by atoms with van der Waals surface area (Å²) in [7, 11) is 0. The Morgan fingerprint density at radius 3 is 3.19 bits per heavy atom. The summed E-state index contributed by atoms with van der Waals surface area (Å²) < 4.78 is 0. The molecule has 1 fully saturated rings. The van der Waals surface area contributed by atoms with Gasteiger partial charge in [-0.25, -0.2) is 0 Å². The molecular weight excluding hydrogens is 218 g/mol. The Balaban J connectivity index is 1.97. The van der Waals surface area contributed by atoms with Gasteiger partial charge in [0.1, 0.15) is 6.61 Å². The van der Waals surface area contributed by atoms with Gasteiger partial charge in [0.15, 0.2) is 0 Å². The van der Waals surface area contributed by atoms with Crippen LogP contribution in [0.5, 0.6) is 0 Å². The number of aliphatic hydroxyl groups excluding tert-OH is 1. The molecule has 3 heteroatoms.